The smallest absolute Gasteiger partial charge is 0.747 e. The van der Waals surface area contributed by atoms with Crippen LogP contribution in [0.3, 0.4) is 0 Å². The molecule has 0 N–H and O–H groups in total. The molecule has 0 aliphatic heterocycles. The molecule has 1 atom stereocenters. The molecule has 0 aromatic heterocycles. The van der Waals surface area contributed by atoms with Crippen LogP contribution in [0.1, 0.15) is 110 Å². The Labute approximate surface area is 217 Å². The summed E-state index contributed by atoms with van der Waals surface area (Å²) in [6.07, 6.45) is 18.5. The van der Waals surface area contributed by atoms with Crippen LogP contribution in [0, 0.1) is 0 Å². The maximum atomic E-state index is 11.8. The molecule has 0 saturated heterocycles. The number of carbonyl (C=O) groups excluding carboxylic acids is 2. The summed E-state index contributed by atoms with van der Waals surface area (Å²) in [5, 5.41) is -2.09. The van der Waals surface area contributed by atoms with Crippen molar-refractivity contribution in [2.24, 2.45) is 0 Å². The minimum atomic E-state index is -5.01. The Morgan fingerprint density at radius 3 is 1.69 bits per heavy atom. The number of allylic oxidation sites excluding steroid dienone is 1. The van der Waals surface area contributed by atoms with Gasteiger partial charge in [0, 0.05) is 0 Å². The molecule has 9 heteroatoms. The molecular weight excluding hydrogens is 443 g/mol. The maximum Gasteiger partial charge on any atom is 1.00 e. The largest absolute Gasteiger partial charge is 1.00 e. The molecule has 0 saturated carbocycles. The minimum Gasteiger partial charge on any atom is -0.747 e. The van der Waals surface area contributed by atoms with Crippen molar-refractivity contribution in [3.05, 3.63) is 12.3 Å². The fourth-order valence-corrected chi connectivity index (χ4v) is 3.84. The van der Waals surface area contributed by atoms with Crippen LogP contribution in [0.2, 0.25) is 0 Å². The van der Waals surface area contributed by atoms with E-state index in [1.165, 1.54) is 70.3 Å². The summed E-state index contributed by atoms with van der Waals surface area (Å²) in [5.74, 6) is -2.17. The molecular formula is C23H41NaO7S. The van der Waals surface area contributed by atoms with E-state index in [9.17, 15) is 22.6 Å². The summed E-state index contributed by atoms with van der Waals surface area (Å²) in [6.45, 7) is 3.94. The van der Waals surface area contributed by atoms with Gasteiger partial charge in [-0.15, -0.1) is 0 Å². The Kier molecular flexibility index (Phi) is 23.6. The first-order valence-corrected chi connectivity index (χ1v) is 13.2. The molecule has 0 amide bonds. The van der Waals surface area contributed by atoms with Gasteiger partial charge >= 0.3 is 41.5 Å². The van der Waals surface area contributed by atoms with E-state index in [1.54, 1.807) is 6.92 Å². The number of unbranched alkanes of at least 4 members (excludes halogenated alkanes) is 13. The molecule has 0 aromatic carbocycles. The van der Waals surface area contributed by atoms with Crippen LogP contribution in [0.15, 0.2) is 12.3 Å². The number of ether oxygens (including phenoxy) is 2. The standard InChI is InChI=1S/C23H42O7S.Na/c1-3-5-6-7-8-9-10-11-12-13-14-15-16-17-19-29-22(24)20-21(31(26,27)28)23(25)30-18-4-2;/h4,18,21H,3,5-17,19-20H2,1-2H3,(H,26,27,28);/q;+1/p-1/b18-4+;. The second-order valence-electron chi connectivity index (χ2n) is 7.91. The number of rotatable bonds is 20. The Balaban J connectivity index is 0. The Hall–Kier alpha value is -0.410. The van der Waals surface area contributed by atoms with Crippen molar-refractivity contribution in [1.82, 2.24) is 0 Å². The second kappa shape index (κ2) is 22.4. The third-order valence-corrected chi connectivity index (χ3v) is 6.10. The molecule has 32 heavy (non-hydrogen) atoms. The predicted octanol–water partition coefficient (Wildman–Crippen LogP) is 2.40. The molecule has 0 aromatic rings. The predicted molar refractivity (Wildman–Crippen MR) is 120 cm³/mol. The fraction of sp³-hybridized carbons (Fsp3) is 0.826. The van der Waals surface area contributed by atoms with Crippen LogP contribution in [-0.2, 0) is 29.2 Å². The van der Waals surface area contributed by atoms with E-state index in [0.717, 1.165) is 25.5 Å². The van der Waals surface area contributed by atoms with Crippen LogP contribution >= 0.6 is 0 Å². The van der Waals surface area contributed by atoms with E-state index in [2.05, 4.69) is 11.7 Å². The Morgan fingerprint density at radius 1 is 0.844 bits per heavy atom. The van der Waals surface area contributed by atoms with Crippen molar-refractivity contribution in [1.29, 1.82) is 0 Å². The molecule has 0 aliphatic carbocycles. The average Bonchev–Trinajstić information content (AvgIpc) is 2.72. The van der Waals surface area contributed by atoms with E-state index in [1.807, 2.05) is 0 Å². The van der Waals surface area contributed by atoms with Gasteiger partial charge in [0.1, 0.15) is 10.1 Å². The van der Waals surface area contributed by atoms with Gasteiger partial charge in [0.05, 0.1) is 19.3 Å². The van der Waals surface area contributed by atoms with Crippen LogP contribution in [0.5, 0.6) is 0 Å². The molecule has 0 fully saturated rings. The monoisotopic (exact) mass is 484 g/mol. The van der Waals surface area contributed by atoms with Gasteiger partial charge in [0.15, 0.2) is 5.25 Å². The van der Waals surface area contributed by atoms with E-state index in [4.69, 9.17) is 4.74 Å². The van der Waals surface area contributed by atoms with Gasteiger partial charge in [-0.3, -0.25) is 9.59 Å². The van der Waals surface area contributed by atoms with E-state index < -0.39 is 33.7 Å². The second-order valence-corrected chi connectivity index (χ2v) is 9.46. The van der Waals surface area contributed by atoms with Crippen molar-refractivity contribution >= 4 is 22.1 Å². The van der Waals surface area contributed by atoms with Crippen molar-refractivity contribution in [2.75, 3.05) is 6.61 Å². The van der Waals surface area contributed by atoms with Gasteiger partial charge in [0.25, 0.3) is 0 Å². The molecule has 0 spiro atoms. The maximum absolute atomic E-state index is 11.8. The van der Waals surface area contributed by atoms with Gasteiger partial charge in [-0.25, -0.2) is 8.42 Å². The zero-order valence-electron chi connectivity index (χ0n) is 20.3. The fourth-order valence-electron chi connectivity index (χ4n) is 3.21. The third-order valence-electron chi connectivity index (χ3n) is 5.04. The summed E-state index contributed by atoms with van der Waals surface area (Å²) in [5.41, 5.74) is 0. The van der Waals surface area contributed by atoms with Crippen molar-refractivity contribution in [3.63, 3.8) is 0 Å². The topological polar surface area (TPSA) is 110 Å². The van der Waals surface area contributed by atoms with Crippen LogP contribution in [-0.4, -0.2) is 36.8 Å². The summed E-state index contributed by atoms with van der Waals surface area (Å²) < 4.78 is 43.1. The first kappa shape index (κ1) is 33.8. The van der Waals surface area contributed by atoms with Gasteiger partial charge in [0.2, 0.25) is 0 Å². The van der Waals surface area contributed by atoms with Gasteiger partial charge in [-0.2, -0.15) is 0 Å². The summed E-state index contributed by atoms with van der Waals surface area (Å²) >= 11 is 0. The normalized spacial score (nSPS) is 12.3. The van der Waals surface area contributed by atoms with Gasteiger partial charge in [-0.1, -0.05) is 96.5 Å². The van der Waals surface area contributed by atoms with Gasteiger partial charge < -0.3 is 14.0 Å². The van der Waals surface area contributed by atoms with E-state index in [0.29, 0.717) is 6.42 Å². The zero-order valence-corrected chi connectivity index (χ0v) is 23.1. The molecule has 0 rings (SSSR count). The molecule has 0 aliphatic rings. The Bertz CT molecular complexity index is 605. The number of esters is 2. The van der Waals surface area contributed by atoms with Crippen molar-refractivity contribution < 1.29 is 61.6 Å². The SMILES string of the molecule is C/C=C/OC(=O)C(CC(=O)OCCCCCCCCCCCCCCCC)S(=O)(=O)[O-].[Na+]. The zero-order chi connectivity index (χ0) is 23.4. The summed E-state index contributed by atoms with van der Waals surface area (Å²) in [6, 6.07) is 0. The molecule has 1 unspecified atom stereocenters. The van der Waals surface area contributed by atoms with Gasteiger partial charge in [-0.05, 0) is 13.3 Å². The third kappa shape index (κ3) is 20.2. The number of hydrogen-bond acceptors (Lipinski definition) is 7. The van der Waals surface area contributed by atoms with Crippen LogP contribution < -0.4 is 29.6 Å². The van der Waals surface area contributed by atoms with Crippen molar-refractivity contribution in [3.8, 4) is 0 Å². The molecule has 0 heterocycles. The van der Waals surface area contributed by atoms with E-state index in [-0.39, 0.29) is 36.2 Å². The first-order valence-electron chi connectivity index (χ1n) is 11.7. The summed E-state index contributed by atoms with van der Waals surface area (Å²) in [7, 11) is -5.01. The molecule has 182 valence electrons. The van der Waals surface area contributed by atoms with E-state index >= 15 is 0 Å². The van der Waals surface area contributed by atoms with Crippen molar-refractivity contribution in [2.45, 2.75) is 115 Å². The molecule has 7 nitrogen and oxygen atoms in total. The first-order chi connectivity index (χ1) is 14.8. The quantitative estimate of drug-likeness (QED) is 0.0858. The molecule has 0 radical (unpaired) electrons. The molecule has 0 bridgehead atoms. The van der Waals surface area contributed by atoms with Crippen LogP contribution in [0.4, 0.5) is 0 Å². The number of carbonyl (C=O) groups is 2. The van der Waals surface area contributed by atoms with Crippen LogP contribution in [0.25, 0.3) is 0 Å². The Morgan fingerprint density at radius 2 is 1.28 bits per heavy atom. The average molecular weight is 485 g/mol. The minimum absolute atomic E-state index is 0. The summed E-state index contributed by atoms with van der Waals surface area (Å²) in [4.78, 5) is 23.4. The number of hydrogen-bond donors (Lipinski definition) is 0.